The van der Waals surface area contributed by atoms with Gasteiger partial charge in [-0.25, -0.2) is 14.6 Å². The average Bonchev–Trinajstić information content (AvgIpc) is 3.43. The summed E-state index contributed by atoms with van der Waals surface area (Å²) >= 11 is 1.51. The van der Waals surface area contributed by atoms with Crippen molar-refractivity contribution in [3.8, 4) is 10.4 Å². The van der Waals surface area contributed by atoms with E-state index in [1.807, 2.05) is 46.0 Å². The Bertz CT molecular complexity index is 1250. The summed E-state index contributed by atoms with van der Waals surface area (Å²) < 4.78 is 7.71. The maximum absolute atomic E-state index is 12.6. The van der Waals surface area contributed by atoms with Gasteiger partial charge in [-0.3, -0.25) is 4.90 Å². The summed E-state index contributed by atoms with van der Waals surface area (Å²) in [7, 11) is 0. The van der Waals surface area contributed by atoms with E-state index in [4.69, 9.17) is 4.74 Å². The number of carbonyl (C=O) groups is 2. The van der Waals surface area contributed by atoms with Gasteiger partial charge in [0.05, 0.1) is 21.5 Å². The minimum absolute atomic E-state index is 0.0302. The molecule has 0 radical (unpaired) electrons. The normalized spacial score (nSPS) is 16.0. The standard InChI is InChI=1S/C27H36N4O4S/c1-17(2)14-21(29-10-12-30(13-11-29)26(34)35-27(4,5)6)24-23(22-16-28-18(3)36-22)20(25(32)33)15-19-8-7-9-31(19)24/h7-9,15-17,21H,10-14H2,1-6H3,(H,32,33). The number of pyridine rings is 1. The van der Waals surface area contributed by atoms with Crippen molar-refractivity contribution in [3.05, 3.63) is 46.9 Å². The summed E-state index contributed by atoms with van der Waals surface area (Å²) in [6.45, 7) is 14.4. The van der Waals surface area contributed by atoms with Crippen LogP contribution in [0.2, 0.25) is 0 Å². The fraction of sp³-hybridized carbons (Fsp3) is 0.519. The van der Waals surface area contributed by atoms with E-state index >= 15 is 0 Å². The molecule has 1 unspecified atom stereocenters. The topological polar surface area (TPSA) is 87.4 Å². The van der Waals surface area contributed by atoms with Crippen molar-refractivity contribution in [1.82, 2.24) is 19.2 Å². The Morgan fingerprint density at radius 1 is 1.19 bits per heavy atom. The third-order valence-corrected chi connectivity index (χ3v) is 7.30. The lowest BCUT2D eigenvalue weighted by Gasteiger charge is -2.41. The maximum atomic E-state index is 12.6. The first-order valence-corrected chi connectivity index (χ1v) is 13.3. The summed E-state index contributed by atoms with van der Waals surface area (Å²) in [5, 5.41) is 11.1. The zero-order valence-electron chi connectivity index (χ0n) is 21.9. The molecule has 1 saturated heterocycles. The zero-order chi connectivity index (χ0) is 26.2. The number of aromatic nitrogens is 2. The fourth-order valence-electron chi connectivity index (χ4n) is 4.86. The van der Waals surface area contributed by atoms with Gasteiger partial charge in [-0.05, 0) is 58.2 Å². The molecular formula is C27H36N4O4S. The average molecular weight is 513 g/mol. The number of piperazine rings is 1. The van der Waals surface area contributed by atoms with Gasteiger partial charge in [0.1, 0.15) is 5.60 Å². The molecule has 1 aliphatic rings. The molecule has 3 aromatic rings. The quantitative estimate of drug-likeness (QED) is 0.455. The van der Waals surface area contributed by atoms with E-state index in [0.717, 1.165) is 33.1 Å². The minimum Gasteiger partial charge on any atom is -0.478 e. The lowest BCUT2D eigenvalue weighted by molar-refractivity contribution is 0.00873. The van der Waals surface area contributed by atoms with E-state index in [1.54, 1.807) is 17.2 Å². The van der Waals surface area contributed by atoms with Crippen molar-refractivity contribution in [2.24, 2.45) is 5.92 Å². The van der Waals surface area contributed by atoms with Crippen molar-refractivity contribution >= 4 is 28.9 Å². The van der Waals surface area contributed by atoms with Crippen molar-refractivity contribution in [2.75, 3.05) is 26.2 Å². The van der Waals surface area contributed by atoms with Gasteiger partial charge in [0, 0.05) is 55.3 Å². The van der Waals surface area contributed by atoms with Crippen LogP contribution in [-0.2, 0) is 4.74 Å². The predicted molar refractivity (Wildman–Crippen MR) is 142 cm³/mol. The van der Waals surface area contributed by atoms with E-state index < -0.39 is 11.6 Å². The zero-order valence-corrected chi connectivity index (χ0v) is 22.8. The molecule has 3 aromatic heterocycles. The minimum atomic E-state index is -0.945. The van der Waals surface area contributed by atoms with Crippen LogP contribution >= 0.6 is 11.3 Å². The third-order valence-electron chi connectivity index (χ3n) is 6.37. The molecule has 0 aromatic carbocycles. The van der Waals surface area contributed by atoms with Gasteiger partial charge in [-0.2, -0.15) is 0 Å². The maximum Gasteiger partial charge on any atom is 0.410 e. The molecule has 1 atom stereocenters. The Hall–Kier alpha value is -2.91. The van der Waals surface area contributed by atoms with Crippen LogP contribution in [0.25, 0.3) is 16.0 Å². The van der Waals surface area contributed by atoms with Crippen LogP contribution in [0.4, 0.5) is 4.79 Å². The Labute approximate surface area is 216 Å². The Morgan fingerprint density at radius 2 is 1.89 bits per heavy atom. The number of carboxylic acid groups (broad SMARTS) is 1. The molecule has 4 heterocycles. The number of ether oxygens (including phenoxy) is 1. The molecule has 0 spiro atoms. The van der Waals surface area contributed by atoms with Crippen LogP contribution in [0.1, 0.15) is 68.1 Å². The largest absolute Gasteiger partial charge is 0.478 e. The number of aromatic carboxylic acids is 1. The number of fused-ring (bicyclic) bond motifs is 1. The number of hydrogen-bond acceptors (Lipinski definition) is 6. The lowest BCUT2D eigenvalue weighted by Crippen LogP contribution is -2.51. The summed E-state index contributed by atoms with van der Waals surface area (Å²) in [4.78, 5) is 34.6. The molecule has 194 valence electrons. The molecule has 1 fully saturated rings. The molecule has 1 amide bonds. The van der Waals surface area contributed by atoms with E-state index in [9.17, 15) is 14.7 Å². The van der Waals surface area contributed by atoms with Crippen LogP contribution in [-0.4, -0.2) is 68.1 Å². The molecule has 0 aliphatic carbocycles. The van der Waals surface area contributed by atoms with Crippen LogP contribution < -0.4 is 0 Å². The van der Waals surface area contributed by atoms with Crippen molar-refractivity contribution in [3.63, 3.8) is 0 Å². The van der Waals surface area contributed by atoms with E-state index in [0.29, 0.717) is 37.7 Å². The van der Waals surface area contributed by atoms with Gasteiger partial charge in [0.25, 0.3) is 0 Å². The SMILES string of the molecule is Cc1ncc(-c2c(C(=O)O)cc3cccn3c2C(CC(C)C)N2CCN(C(=O)OC(C)(C)C)CC2)s1. The smallest absolute Gasteiger partial charge is 0.410 e. The van der Waals surface area contributed by atoms with Crippen LogP contribution in [0.3, 0.4) is 0 Å². The molecule has 0 bridgehead atoms. The number of amides is 1. The molecule has 8 nitrogen and oxygen atoms in total. The number of thiazole rings is 1. The van der Waals surface area contributed by atoms with Gasteiger partial charge < -0.3 is 19.1 Å². The summed E-state index contributed by atoms with van der Waals surface area (Å²) in [5.41, 5.74) is 2.32. The Balaban J connectivity index is 1.78. The monoisotopic (exact) mass is 512 g/mol. The summed E-state index contributed by atoms with van der Waals surface area (Å²) in [6.07, 6.45) is 4.36. The van der Waals surface area contributed by atoms with Crippen LogP contribution in [0, 0.1) is 12.8 Å². The highest BCUT2D eigenvalue weighted by atomic mass is 32.1. The first-order chi connectivity index (χ1) is 16.9. The molecule has 0 saturated carbocycles. The molecule has 1 N–H and O–H groups in total. The summed E-state index contributed by atoms with van der Waals surface area (Å²) in [6, 6.07) is 5.63. The number of nitrogens with zero attached hydrogens (tertiary/aromatic N) is 4. The van der Waals surface area contributed by atoms with Gasteiger partial charge >= 0.3 is 12.1 Å². The number of carboxylic acids is 1. The van der Waals surface area contributed by atoms with Gasteiger partial charge in [0.15, 0.2) is 0 Å². The second-order valence-electron chi connectivity index (χ2n) is 10.8. The molecule has 9 heteroatoms. The van der Waals surface area contributed by atoms with Gasteiger partial charge in [-0.1, -0.05) is 13.8 Å². The van der Waals surface area contributed by atoms with E-state index in [1.165, 1.54) is 11.3 Å². The van der Waals surface area contributed by atoms with E-state index in [2.05, 4.69) is 28.1 Å². The number of aryl methyl sites for hydroxylation is 1. The lowest BCUT2D eigenvalue weighted by atomic mass is 9.92. The van der Waals surface area contributed by atoms with Crippen molar-refractivity contribution in [2.45, 2.75) is 59.6 Å². The molecule has 1 aliphatic heterocycles. The van der Waals surface area contributed by atoms with Crippen LogP contribution in [0.15, 0.2) is 30.6 Å². The number of rotatable bonds is 6. The number of hydrogen-bond donors (Lipinski definition) is 1. The highest BCUT2D eigenvalue weighted by Crippen LogP contribution is 2.41. The second-order valence-corrected chi connectivity index (χ2v) is 12.1. The summed E-state index contributed by atoms with van der Waals surface area (Å²) in [5.74, 6) is -0.562. The van der Waals surface area contributed by atoms with E-state index in [-0.39, 0.29) is 12.1 Å². The van der Waals surface area contributed by atoms with Crippen molar-refractivity contribution in [1.29, 1.82) is 0 Å². The Morgan fingerprint density at radius 3 is 2.44 bits per heavy atom. The Kier molecular flexibility index (Phi) is 7.43. The van der Waals surface area contributed by atoms with Crippen molar-refractivity contribution < 1.29 is 19.4 Å². The first-order valence-electron chi connectivity index (χ1n) is 12.5. The molecule has 4 rings (SSSR count). The predicted octanol–water partition coefficient (Wildman–Crippen LogP) is 5.71. The molecule has 36 heavy (non-hydrogen) atoms. The van der Waals surface area contributed by atoms with Gasteiger partial charge in [-0.15, -0.1) is 11.3 Å². The fourth-order valence-corrected chi connectivity index (χ4v) is 5.71. The number of carbonyl (C=O) groups excluding carboxylic acids is 1. The van der Waals surface area contributed by atoms with Gasteiger partial charge in [0.2, 0.25) is 0 Å². The first kappa shape index (κ1) is 26.2. The highest BCUT2D eigenvalue weighted by Gasteiger charge is 2.34. The third kappa shape index (κ3) is 5.57. The van der Waals surface area contributed by atoms with Crippen LogP contribution in [0.5, 0.6) is 0 Å². The molecular weight excluding hydrogens is 476 g/mol. The second kappa shape index (κ2) is 10.2. The highest BCUT2D eigenvalue weighted by molar-refractivity contribution is 7.15.